The number of hydrogen-bond acceptors (Lipinski definition) is 4. The zero-order valence-corrected chi connectivity index (χ0v) is 25.6. The molecular weight excluding hydrogens is 593 g/mol. The Morgan fingerprint density at radius 2 is 1.57 bits per heavy atom. The number of nitrogens with zero attached hydrogens (tertiary/aromatic N) is 2. The van der Waals surface area contributed by atoms with Crippen molar-refractivity contribution < 1.29 is 18.0 Å². The van der Waals surface area contributed by atoms with Crippen LogP contribution in [0.25, 0.3) is 0 Å². The summed E-state index contributed by atoms with van der Waals surface area (Å²) in [7, 11) is -4.23. The van der Waals surface area contributed by atoms with E-state index < -0.39 is 28.5 Å². The van der Waals surface area contributed by atoms with Gasteiger partial charge in [-0.25, -0.2) is 8.42 Å². The fourth-order valence-corrected chi connectivity index (χ4v) is 6.13. The Bertz CT molecular complexity index is 1430. The van der Waals surface area contributed by atoms with E-state index in [0.29, 0.717) is 17.1 Å². The molecule has 1 N–H and O–H groups in total. The van der Waals surface area contributed by atoms with Gasteiger partial charge in [0.15, 0.2) is 0 Å². The van der Waals surface area contributed by atoms with Gasteiger partial charge in [-0.05, 0) is 68.3 Å². The van der Waals surface area contributed by atoms with E-state index in [1.165, 1.54) is 35.2 Å². The van der Waals surface area contributed by atoms with E-state index in [9.17, 15) is 18.0 Å². The average molecular weight is 625 g/mol. The Balaban J connectivity index is 2.03. The molecule has 3 aromatic carbocycles. The SMILES string of the molecule is CCCCNC(=O)[C@@H](C)N(Cc1cccc(Cl)c1)C(=O)CN(c1cc(Cl)cc(Cl)c1)S(=O)(=O)c1ccc(C)cc1. The molecule has 0 aliphatic rings. The number of amides is 2. The molecule has 0 bridgehead atoms. The molecule has 0 radical (unpaired) electrons. The number of sulfonamides is 1. The van der Waals surface area contributed by atoms with Crippen molar-refractivity contribution in [1.29, 1.82) is 0 Å². The van der Waals surface area contributed by atoms with Gasteiger partial charge in [0.2, 0.25) is 11.8 Å². The van der Waals surface area contributed by atoms with Crippen LogP contribution in [0.15, 0.2) is 71.6 Å². The average Bonchev–Trinajstić information content (AvgIpc) is 2.89. The summed E-state index contributed by atoms with van der Waals surface area (Å²) in [5.74, 6) is -0.938. The maximum absolute atomic E-state index is 13.9. The highest BCUT2D eigenvalue weighted by Gasteiger charge is 2.32. The molecule has 0 saturated carbocycles. The standard InChI is InChI=1S/C29H32Cl3N3O4S/c1-4-5-13-33-29(37)21(3)34(18-22-7-6-8-23(30)14-22)28(36)19-35(26-16-24(31)15-25(32)17-26)40(38,39)27-11-9-20(2)10-12-27/h6-12,14-17,21H,4-5,13,18-19H2,1-3H3,(H,33,37)/t21-/m1/s1. The first-order chi connectivity index (χ1) is 18.9. The minimum Gasteiger partial charge on any atom is -0.354 e. The molecule has 7 nitrogen and oxygen atoms in total. The molecule has 0 heterocycles. The molecule has 214 valence electrons. The number of rotatable bonds is 12. The maximum Gasteiger partial charge on any atom is 0.264 e. The molecule has 0 aliphatic heterocycles. The zero-order chi connectivity index (χ0) is 29.4. The van der Waals surface area contributed by atoms with E-state index in [1.807, 2.05) is 13.8 Å². The number of hydrogen-bond donors (Lipinski definition) is 1. The van der Waals surface area contributed by atoms with Crippen LogP contribution in [0.5, 0.6) is 0 Å². The van der Waals surface area contributed by atoms with E-state index in [-0.39, 0.29) is 33.1 Å². The highest BCUT2D eigenvalue weighted by molar-refractivity contribution is 7.92. The second kappa shape index (κ2) is 14.2. The molecule has 0 saturated heterocycles. The van der Waals surface area contributed by atoms with Crippen molar-refractivity contribution in [2.75, 3.05) is 17.4 Å². The Labute approximate surface area is 251 Å². The summed E-state index contributed by atoms with van der Waals surface area (Å²) in [5.41, 5.74) is 1.69. The van der Waals surface area contributed by atoms with Crippen LogP contribution in [0, 0.1) is 6.92 Å². The third-order valence-corrected chi connectivity index (χ3v) is 8.72. The minimum absolute atomic E-state index is 0.00579. The first-order valence-electron chi connectivity index (χ1n) is 12.8. The van der Waals surface area contributed by atoms with Crippen molar-refractivity contribution in [3.05, 3.63) is 92.9 Å². The zero-order valence-electron chi connectivity index (χ0n) is 22.5. The summed E-state index contributed by atoms with van der Waals surface area (Å²) in [4.78, 5) is 28.3. The second-order valence-corrected chi connectivity index (χ2v) is 12.6. The molecule has 11 heteroatoms. The maximum atomic E-state index is 13.9. The monoisotopic (exact) mass is 623 g/mol. The molecule has 3 aromatic rings. The number of anilines is 1. The molecule has 1 atom stereocenters. The molecule has 0 fully saturated rings. The van der Waals surface area contributed by atoms with Crippen LogP contribution in [-0.2, 0) is 26.2 Å². The highest BCUT2D eigenvalue weighted by atomic mass is 35.5. The summed E-state index contributed by atoms with van der Waals surface area (Å²) in [6.07, 6.45) is 1.69. The van der Waals surface area contributed by atoms with Crippen molar-refractivity contribution in [2.24, 2.45) is 0 Å². The third kappa shape index (κ3) is 8.36. The lowest BCUT2D eigenvalue weighted by molar-refractivity contribution is -0.139. The van der Waals surface area contributed by atoms with Crippen LogP contribution in [-0.4, -0.2) is 44.3 Å². The van der Waals surface area contributed by atoms with Crippen LogP contribution < -0.4 is 9.62 Å². The predicted molar refractivity (Wildman–Crippen MR) is 162 cm³/mol. The Morgan fingerprint density at radius 1 is 0.925 bits per heavy atom. The number of nitrogens with one attached hydrogen (secondary N) is 1. The van der Waals surface area contributed by atoms with Crippen LogP contribution in [0.1, 0.15) is 37.8 Å². The van der Waals surface area contributed by atoms with Crippen molar-refractivity contribution in [3.8, 4) is 0 Å². The lowest BCUT2D eigenvalue weighted by atomic mass is 10.1. The number of carbonyl (C=O) groups is 2. The Hall–Kier alpha value is -2.78. The summed E-state index contributed by atoms with van der Waals surface area (Å²) in [6, 6.07) is 16.7. The summed E-state index contributed by atoms with van der Waals surface area (Å²) >= 11 is 18.6. The van der Waals surface area contributed by atoms with Crippen molar-refractivity contribution in [2.45, 2.75) is 51.1 Å². The quantitative estimate of drug-likeness (QED) is 0.234. The number of aryl methyl sites for hydroxylation is 1. The number of halogens is 3. The highest BCUT2D eigenvalue weighted by Crippen LogP contribution is 2.30. The van der Waals surface area contributed by atoms with Crippen molar-refractivity contribution in [1.82, 2.24) is 10.2 Å². The molecule has 3 rings (SSSR count). The van der Waals surface area contributed by atoms with Crippen LogP contribution in [0.4, 0.5) is 5.69 Å². The molecule has 0 aliphatic carbocycles. The van der Waals surface area contributed by atoms with E-state index in [0.717, 1.165) is 22.7 Å². The van der Waals surface area contributed by atoms with Gasteiger partial charge in [-0.15, -0.1) is 0 Å². The van der Waals surface area contributed by atoms with E-state index in [4.69, 9.17) is 34.8 Å². The van der Waals surface area contributed by atoms with Crippen molar-refractivity contribution in [3.63, 3.8) is 0 Å². The van der Waals surface area contributed by atoms with E-state index in [1.54, 1.807) is 43.3 Å². The lowest BCUT2D eigenvalue weighted by Gasteiger charge is -2.32. The fraction of sp³-hybridized carbons (Fsp3) is 0.310. The van der Waals surface area contributed by atoms with Gasteiger partial charge < -0.3 is 10.2 Å². The first-order valence-corrected chi connectivity index (χ1v) is 15.4. The summed E-state index contributed by atoms with van der Waals surface area (Å²) in [5, 5.41) is 3.74. The number of unbranched alkanes of at least 4 members (excludes halogenated alkanes) is 1. The lowest BCUT2D eigenvalue weighted by Crippen LogP contribution is -2.51. The summed E-state index contributed by atoms with van der Waals surface area (Å²) < 4.78 is 28.7. The smallest absolute Gasteiger partial charge is 0.264 e. The van der Waals surface area contributed by atoms with Crippen LogP contribution >= 0.6 is 34.8 Å². The largest absolute Gasteiger partial charge is 0.354 e. The number of benzene rings is 3. The fourth-order valence-electron chi connectivity index (χ4n) is 4.00. The third-order valence-electron chi connectivity index (χ3n) is 6.26. The number of carbonyl (C=O) groups excluding carboxylic acids is 2. The molecule has 0 spiro atoms. The Kier molecular flexibility index (Phi) is 11.3. The Morgan fingerprint density at radius 3 is 2.17 bits per heavy atom. The van der Waals surface area contributed by atoms with E-state index >= 15 is 0 Å². The topological polar surface area (TPSA) is 86.8 Å². The van der Waals surface area contributed by atoms with Gasteiger partial charge in [-0.2, -0.15) is 0 Å². The van der Waals surface area contributed by atoms with Gasteiger partial charge in [0.05, 0.1) is 10.6 Å². The molecule has 0 unspecified atom stereocenters. The van der Waals surface area contributed by atoms with E-state index in [2.05, 4.69) is 5.32 Å². The predicted octanol–water partition coefficient (Wildman–Crippen LogP) is 6.48. The van der Waals surface area contributed by atoms with Crippen LogP contribution in [0.2, 0.25) is 15.1 Å². The van der Waals surface area contributed by atoms with Gasteiger partial charge in [-0.1, -0.05) is 78.0 Å². The van der Waals surface area contributed by atoms with Gasteiger partial charge in [0.1, 0.15) is 12.6 Å². The molecule has 0 aromatic heterocycles. The summed E-state index contributed by atoms with van der Waals surface area (Å²) in [6.45, 7) is 5.37. The molecule has 40 heavy (non-hydrogen) atoms. The van der Waals surface area contributed by atoms with Crippen LogP contribution in [0.3, 0.4) is 0 Å². The van der Waals surface area contributed by atoms with Gasteiger partial charge in [0, 0.05) is 28.2 Å². The molecular formula is C29H32Cl3N3O4S. The second-order valence-electron chi connectivity index (χ2n) is 9.42. The minimum atomic E-state index is -4.23. The van der Waals surface area contributed by atoms with Gasteiger partial charge >= 0.3 is 0 Å². The normalized spacial score (nSPS) is 12.1. The molecule has 2 amide bonds. The first kappa shape index (κ1) is 31.7. The van der Waals surface area contributed by atoms with Gasteiger partial charge in [-0.3, -0.25) is 13.9 Å². The van der Waals surface area contributed by atoms with Gasteiger partial charge in [0.25, 0.3) is 10.0 Å². The van der Waals surface area contributed by atoms with Crippen molar-refractivity contribution >= 4 is 62.3 Å².